The zero-order valence-corrected chi connectivity index (χ0v) is 10.2. The zero-order chi connectivity index (χ0) is 13.2. The summed E-state index contributed by atoms with van der Waals surface area (Å²) in [6, 6.07) is 0. The number of hydrogen-bond acceptors (Lipinski definition) is 7. The van der Waals surface area contributed by atoms with Crippen molar-refractivity contribution in [3.05, 3.63) is 36.1 Å². The van der Waals surface area contributed by atoms with E-state index in [0.29, 0.717) is 16.9 Å². The Morgan fingerprint density at radius 3 is 2.68 bits per heavy atom. The summed E-state index contributed by atoms with van der Waals surface area (Å²) < 4.78 is 3.04. The maximum absolute atomic E-state index is 5.81. The molecule has 3 heterocycles. The Morgan fingerprint density at radius 2 is 2.05 bits per heavy atom. The van der Waals surface area contributed by atoms with Gasteiger partial charge >= 0.3 is 0 Å². The maximum atomic E-state index is 5.81. The van der Waals surface area contributed by atoms with E-state index in [1.54, 1.807) is 29.5 Å². The minimum atomic E-state index is 0.209. The quantitative estimate of drug-likeness (QED) is 0.519. The molecule has 0 aliphatic heterocycles. The molecule has 0 atom stereocenters. The first-order valence-electron chi connectivity index (χ1n) is 5.18. The lowest BCUT2D eigenvalue weighted by molar-refractivity contribution is 0.775. The van der Waals surface area contributed by atoms with Gasteiger partial charge in [0.15, 0.2) is 0 Å². The minimum absolute atomic E-state index is 0.209. The number of nitrogens with one attached hydrogen (secondary N) is 1. The Kier molecular flexibility index (Phi) is 2.82. The minimum Gasteiger partial charge on any atom is -0.292 e. The van der Waals surface area contributed by atoms with Gasteiger partial charge in [-0.3, -0.25) is 9.99 Å². The van der Waals surface area contributed by atoms with E-state index in [1.807, 2.05) is 0 Å². The molecule has 0 amide bonds. The number of nitrogens with two attached hydrogens (primary N) is 1. The largest absolute Gasteiger partial charge is 0.292 e. The van der Waals surface area contributed by atoms with Crippen LogP contribution in [0.5, 0.6) is 0 Å². The van der Waals surface area contributed by atoms with Gasteiger partial charge in [0.1, 0.15) is 6.33 Å². The van der Waals surface area contributed by atoms with Crippen molar-refractivity contribution in [2.45, 2.75) is 0 Å². The molecule has 0 spiro atoms. The first-order valence-corrected chi connectivity index (χ1v) is 5.55. The van der Waals surface area contributed by atoms with Crippen molar-refractivity contribution >= 4 is 17.5 Å². The van der Waals surface area contributed by atoms with Crippen LogP contribution < -0.4 is 11.3 Å². The Morgan fingerprint density at radius 1 is 1.21 bits per heavy atom. The van der Waals surface area contributed by atoms with E-state index in [1.165, 1.54) is 10.9 Å². The molecule has 0 aliphatic rings. The van der Waals surface area contributed by atoms with Gasteiger partial charge in [-0.15, -0.1) is 0 Å². The highest BCUT2D eigenvalue weighted by Crippen LogP contribution is 2.11. The maximum Gasteiger partial charge on any atom is 0.257 e. The number of rotatable bonds is 3. The Bertz CT molecular complexity index is 690. The molecule has 10 heteroatoms. The van der Waals surface area contributed by atoms with Crippen LogP contribution in [0.2, 0.25) is 5.02 Å². The van der Waals surface area contributed by atoms with E-state index < -0.39 is 0 Å². The van der Waals surface area contributed by atoms with Crippen LogP contribution in [0.1, 0.15) is 0 Å². The highest BCUT2D eigenvalue weighted by atomic mass is 35.5. The second kappa shape index (κ2) is 4.63. The van der Waals surface area contributed by atoms with Crippen molar-refractivity contribution in [2.24, 2.45) is 5.84 Å². The fraction of sp³-hybridized carbons (Fsp3) is 0. The number of hydrazine groups is 1. The normalized spacial score (nSPS) is 10.6. The van der Waals surface area contributed by atoms with Crippen LogP contribution in [-0.4, -0.2) is 34.3 Å². The summed E-state index contributed by atoms with van der Waals surface area (Å²) in [5.41, 5.74) is 2.38. The van der Waals surface area contributed by atoms with Gasteiger partial charge in [0.2, 0.25) is 11.9 Å². The molecule has 0 aliphatic carbocycles. The number of anilines is 1. The molecule has 19 heavy (non-hydrogen) atoms. The number of halogens is 1. The monoisotopic (exact) mass is 277 g/mol. The number of hydrogen-bond donors (Lipinski definition) is 2. The van der Waals surface area contributed by atoms with E-state index in [9.17, 15) is 0 Å². The third-order valence-corrected chi connectivity index (χ3v) is 2.43. The van der Waals surface area contributed by atoms with Gasteiger partial charge in [-0.05, 0) is 0 Å². The molecule has 3 N–H and O–H groups in total. The second-order valence-corrected chi connectivity index (χ2v) is 3.91. The van der Waals surface area contributed by atoms with Crippen molar-refractivity contribution in [1.29, 1.82) is 0 Å². The lowest BCUT2D eigenvalue weighted by Crippen LogP contribution is -2.16. The van der Waals surface area contributed by atoms with Crippen LogP contribution in [0.4, 0.5) is 5.95 Å². The lowest BCUT2D eigenvalue weighted by Gasteiger charge is -2.06. The van der Waals surface area contributed by atoms with E-state index >= 15 is 0 Å². The predicted molar refractivity (Wildman–Crippen MR) is 66.9 cm³/mol. The highest BCUT2D eigenvalue weighted by molar-refractivity contribution is 6.30. The molecule has 0 fully saturated rings. The Hall–Kier alpha value is -2.52. The molecule has 0 aromatic carbocycles. The lowest BCUT2D eigenvalue weighted by atomic mass is 10.7. The summed E-state index contributed by atoms with van der Waals surface area (Å²) in [7, 11) is 0. The van der Waals surface area contributed by atoms with Gasteiger partial charge in [0, 0.05) is 12.4 Å². The number of nitrogens with zero attached hydrogens (tertiary/aromatic N) is 7. The fourth-order valence-electron chi connectivity index (χ4n) is 1.42. The van der Waals surface area contributed by atoms with Crippen LogP contribution in [-0.2, 0) is 0 Å². The van der Waals surface area contributed by atoms with Crippen molar-refractivity contribution in [2.75, 3.05) is 5.43 Å². The molecule has 0 unspecified atom stereocenters. The van der Waals surface area contributed by atoms with Gasteiger partial charge in [-0.1, -0.05) is 11.6 Å². The summed E-state index contributed by atoms with van der Waals surface area (Å²) in [5.74, 6) is 6.20. The molecule has 9 nitrogen and oxygen atoms in total. The van der Waals surface area contributed by atoms with E-state index in [4.69, 9.17) is 17.4 Å². The SMILES string of the molecule is NNc1nc(-n2ccnc2)nc(-n2cc(Cl)cn2)n1. The molecule has 3 rings (SSSR count). The van der Waals surface area contributed by atoms with E-state index in [2.05, 4.69) is 30.5 Å². The Balaban J connectivity index is 2.12. The highest BCUT2D eigenvalue weighted by Gasteiger charge is 2.09. The Labute approximate surface area is 112 Å². The van der Waals surface area contributed by atoms with E-state index in [-0.39, 0.29) is 5.95 Å². The summed E-state index contributed by atoms with van der Waals surface area (Å²) in [6.45, 7) is 0. The van der Waals surface area contributed by atoms with Crippen LogP contribution in [0.15, 0.2) is 31.1 Å². The average Bonchev–Trinajstić information content (AvgIpc) is 3.09. The number of aromatic nitrogens is 7. The topological polar surface area (TPSA) is 112 Å². The predicted octanol–water partition coefficient (Wildman–Crippen LogP) is 0.182. The molecular formula is C9H8ClN9. The zero-order valence-electron chi connectivity index (χ0n) is 9.47. The molecule has 3 aromatic heterocycles. The summed E-state index contributed by atoms with van der Waals surface area (Å²) in [4.78, 5) is 16.4. The van der Waals surface area contributed by atoms with E-state index in [0.717, 1.165) is 0 Å². The fourth-order valence-corrected chi connectivity index (χ4v) is 1.56. The molecule has 0 saturated carbocycles. The van der Waals surface area contributed by atoms with Crippen molar-refractivity contribution in [3.8, 4) is 11.9 Å². The number of imidazole rings is 1. The third kappa shape index (κ3) is 2.23. The van der Waals surface area contributed by atoms with Crippen LogP contribution in [0.25, 0.3) is 11.9 Å². The molecular weight excluding hydrogens is 270 g/mol. The van der Waals surface area contributed by atoms with Crippen molar-refractivity contribution in [1.82, 2.24) is 34.3 Å². The van der Waals surface area contributed by atoms with Crippen LogP contribution in [0.3, 0.4) is 0 Å². The first-order chi connectivity index (χ1) is 9.26. The second-order valence-electron chi connectivity index (χ2n) is 3.48. The van der Waals surface area contributed by atoms with Gasteiger partial charge in [0.25, 0.3) is 5.95 Å². The van der Waals surface area contributed by atoms with Crippen molar-refractivity contribution < 1.29 is 0 Å². The average molecular weight is 278 g/mol. The number of nitrogen functional groups attached to an aromatic ring is 1. The van der Waals surface area contributed by atoms with Crippen LogP contribution in [0, 0.1) is 0 Å². The van der Waals surface area contributed by atoms with Gasteiger partial charge in [-0.2, -0.15) is 20.1 Å². The van der Waals surface area contributed by atoms with Gasteiger partial charge in [0.05, 0.1) is 17.4 Å². The molecule has 96 valence electrons. The molecule has 0 saturated heterocycles. The van der Waals surface area contributed by atoms with Crippen molar-refractivity contribution in [3.63, 3.8) is 0 Å². The standard InChI is InChI=1S/C9H8ClN9/c10-6-3-13-19(4-6)9-15-7(17-11)14-8(16-9)18-2-1-12-5-18/h1-5H,11H2,(H,14,15,16,17). The molecule has 3 aromatic rings. The summed E-state index contributed by atoms with van der Waals surface area (Å²) >= 11 is 5.81. The van der Waals surface area contributed by atoms with Gasteiger partial charge in [-0.25, -0.2) is 15.5 Å². The van der Waals surface area contributed by atoms with Gasteiger partial charge < -0.3 is 0 Å². The third-order valence-electron chi connectivity index (χ3n) is 2.23. The first kappa shape index (κ1) is 11.6. The summed E-state index contributed by atoms with van der Waals surface area (Å²) in [5, 5.41) is 4.50. The molecule has 0 bridgehead atoms. The summed E-state index contributed by atoms with van der Waals surface area (Å²) in [6.07, 6.45) is 7.95. The molecule has 0 radical (unpaired) electrons. The smallest absolute Gasteiger partial charge is 0.257 e. The van der Waals surface area contributed by atoms with Crippen LogP contribution >= 0.6 is 11.6 Å².